The third-order valence-corrected chi connectivity index (χ3v) is 5.18. The van der Waals surface area contributed by atoms with Gasteiger partial charge in [-0.1, -0.05) is 0 Å². The maximum absolute atomic E-state index is 12.1. The number of nitrogens with zero attached hydrogens (tertiary/aromatic N) is 2. The number of methoxy groups -OCH3 is 1. The molecule has 2 aromatic rings. The van der Waals surface area contributed by atoms with E-state index in [0.717, 1.165) is 32.5 Å². The van der Waals surface area contributed by atoms with E-state index in [1.165, 1.54) is 24.8 Å². The van der Waals surface area contributed by atoms with Crippen molar-refractivity contribution in [3.05, 3.63) is 59.9 Å². The monoisotopic (exact) mass is 410 g/mol. The molecule has 1 aromatic heterocycles. The van der Waals surface area contributed by atoms with Crippen molar-refractivity contribution < 1.29 is 19.1 Å². The predicted molar refractivity (Wildman–Crippen MR) is 112 cm³/mol. The molecule has 0 bridgehead atoms. The summed E-state index contributed by atoms with van der Waals surface area (Å²) in [5.74, 6) is -1.49. The second kappa shape index (κ2) is 10.5. The SMILES string of the molecule is COC(=O)c1ccc(NC(=O)C(=O)NCC2CCN(Cc3ccncc3)CC2)cc1. The Hall–Kier alpha value is -3.26. The van der Waals surface area contributed by atoms with E-state index in [-0.39, 0.29) is 0 Å². The first kappa shape index (κ1) is 21.4. The van der Waals surface area contributed by atoms with Crippen LogP contribution in [0.3, 0.4) is 0 Å². The van der Waals surface area contributed by atoms with Crippen LogP contribution < -0.4 is 10.6 Å². The molecule has 0 atom stereocenters. The molecular formula is C22H26N4O4. The summed E-state index contributed by atoms with van der Waals surface area (Å²) in [5, 5.41) is 5.26. The lowest BCUT2D eigenvalue weighted by atomic mass is 9.96. The van der Waals surface area contributed by atoms with Gasteiger partial charge in [-0.25, -0.2) is 4.79 Å². The van der Waals surface area contributed by atoms with Gasteiger partial charge in [0.2, 0.25) is 0 Å². The van der Waals surface area contributed by atoms with Crippen molar-refractivity contribution in [2.75, 3.05) is 32.1 Å². The molecule has 1 aromatic carbocycles. The molecule has 0 saturated carbocycles. The minimum Gasteiger partial charge on any atom is -0.465 e. The van der Waals surface area contributed by atoms with E-state index in [1.807, 2.05) is 12.1 Å². The Morgan fingerprint density at radius 1 is 1.03 bits per heavy atom. The van der Waals surface area contributed by atoms with E-state index < -0.39 is 17.8 Å². The highest BCUT2D eigenvalue weighted by atomic mass is 16.5. The average molecular weight is 410 g/mol. The van der Waals surface area contributed by atoms with Gasteiger partial charge >= 0.3 is 17.8 Å². The van der Waals surface area contributed by atoms with Gasteiger partial charge in [0, 0.05) is 31.2 Å². The van der Waals surface area contributed by atoms with Crippen molar-refractivity contribution in [1.82, 2.24) is 15.2 Å². The van der Waals surface area contributed by atoms with E-state index in [4.69, 9.17) is 0 Å². The topological polar surface area (TPSA) is 101 Å². The number of nitrogens with one attached hydrogen (secondary N) is 2. The van der Waals surface area contributed by atoms with Gasteiger partial charge in [0.1, 0.15) is 0 Å². The number of piperidine rings is 1. The summed E-state index contributed by atoms with van der Waals surface area (Å²) in [6.45, 7) is 3.30. The standard InChI is InChI=1S/C22H26N4O4/c1-30-22(29)18-2-4-19(5-3-18)25-21(28)20(27)24-14-16-8-12-26(13-9-16)15-17-6-10-23-11-7-17/h2-7,10-11,16H,8-9,12-15H2,1H3,(H,24,27)(H,25,28). The van der Waals surface area contributed by atoms with E-state index in [1.54, 1.807) is 24.5 Å². The molecule has 3 rings (SSSR count). The number of pyridine rings is 1. The zero-order valence-electron chi connectivity index (χ0n) is 17.0. The number of esters is 1. The van der Waals surface area contributed by atoms with E-state index >= 15 is 0 Å². The van der Waals surface area contributed by atoms with Crippen LogP contribution in [0.5, 0.6) is 0 Å². The van der Waals surface area contributed by atoms with Crippen LogP contribution in [0.1, 0.15) is 28.8 Å². The molecule has 0 unspecified atom stereocenters. The molecule has 0 radical (unpaired) electrons. The fraction of sp³-hybridized carbons (Fsp3) is 0.364. The molecule has 8 heteroatoms. The minimum absolute atomic E-state index is 0.356. The average Bonchev–Trinajstić information content (AvgIpc) is 2.79. The number of carbonyl (C=O) groups excluding carboxylic acids is 3. The van der Waals surface area contributed by atoms with Gasteiger partial charge in [-0.15, -0.1) is 0 Å². The van der Waals surface area contributed by atoms with Crippen LogP contribution in [0.25, 0.3) is 0 Å². The Bertz CT molecular complexity index is 862. The fourth-order valence-electron chi connectivity index (χ4n) is 3.41. The Morgan fingerprint density at radius 2 is 1.70 bits per heavy atom. The lowest BCUT2D eigenvalue weighted by molar-refractivity contribution is -0.136. The second-order valence-electron chi connectivity index (χ2n) is 7.31. The normalized spacial score (nSPS) is 14.7. The van der Waals surface area contributed by atoms with Crippen LogP contribution in [-0.4, -0.2) is 54.4 Å². The molecule has 8 nitrogen and oxygen atoms in total. The van der Waals surface area contributed by atoms with Gasteiger partial charge in [-0.05, 0) is 73.8 Å². The molecule has 1 saturated heterocycles. The maximum Gasteiger partial charge on any atom is 0.337 e. The number of carbonyl (C=O) groups is 3. The van der Waals surface area contributed by atoms with Crippen molar-refractivity contribution >= 4 is 23.5 Å². The lowest BCUT2D eigenvalue weighted by Crippen LogP contribution is -2.41. The highest BCUT2D eigenvalue weighted by Gasteiger charge is 2.21. The number of anilines is 1. The Kier molecular flexibility index (Phi) is 7.51. The molecular weight excluding hydrogens is 384 g/mol. The molecule has 2 N–H and O–H groups in total. The summed E-state index contributed by atoms with van der Waals surface area (Å²) >= 11 is 0. The zero-order chi connectivity index (χ0) is 21.3. The predicted octanol–water partition coefficient (Wildman–Crippen LogP) is 1.84. The first-order chi connectivity index (χ1) is 14.5. The number of hydrogen-bond donors (Lipinski definition) is 2. The first-order valence-corrected chi connectivity index (χ1v) is 9.94. The molecule has 30 heavy (non-hydrogen) atoms. The number of benzene rings is 1. The number of likely N-dealkylation sites (tertiary alicyclic amines) is 1. The Morgan fingerprint density at radius 3 is 2.33 bits per heavy atom. The highest BCUT2D eigenvalue weighted by Crippen LogP contribution is 2.18. The van der Waals surface area contributed by atoms with Crippen LogP contribution in [-0.2, 0) is 20.9 Å². The molecule has 0 aliphatic carbocycles. The van der Waals surface area contributed by atoms with E-state index in [0.29, 0.717) is 23.7 Å². The van der Waals surface area contributed by atoms with Crippen LogP contribution in [0, 0.1) is 5.92 Å². The smallest absolute Gasteiger partial charge is 0.337 e. The van der Waals surface area contributed by atoms with Crippen molar-refractivity contribution in [3.63, 3.8) is 0 Å². The summed E-state index contributed by atoms with van der Waals surface area (Å²) < 4.78 is 4.63. The number of rotatable bonds is 6. The van der Waals surface area contributed by atoms with E-state index in [9.17, 15) is 14.4 Å². The van der Waals surface area contributed by atoms with Gasteiger partial charge in [-0.3, -0.25) is 19.5 Å². The number of amides is 2. The van der Waals surface area contributed by atoms with E-state index in [2.05, 4.69) is 25.3 Å². The largest absolute Gasteiger partial charge is 0.465 e. The summed E-state index contributed by atoms with van der Waals surface area (Å²) in [7, 11) is 1.30. The molecule has 0 spiro atoms. The molecule has 158 valence electrons. The molecule has 1 aliphatic heterocycles. The number of aromatic nitrogens is 1. The molecule has 2 amide bonds. The van der Waals surface area contributed by atoms with Gasteiger partial charge in [0.15, 0.2) is 0 Å². The summed E-state index contributed by atoms with van der Waals surface area (Å²) in [4.78, 5) is 42.0. The third-order valence-electron chi connectivity index (χ3n) is 5.18. The van der Waals surface area contributed by atoms with Gasteiger partial charge in [0.05, 0.1) is 12.7 Å². The van der Waals surface area contributed by atoms with Gasteiger partial charge < -0.3 is 15.4 Å². The van der Waals surface area contributed by atoms with Crippen LogP contribution in [0.2, 0.25) is 0 Å². The Balaban J connectivity index is 1.38. The van der Waals surface area contributed by atoms with Crippen molar-refractivity contribution in [2.24, 2.45) is 5.92 Å². The summed E-state index contributed by atoms with van der Waals surface area (Å²) in [6.07, 6.45) is 5.55. The van der Waals surface area contributed by atoms with Crippen molar-refractivity contribution in [3.8, 4) is 0 Å². The van der Waals surface area contributed by atoms with Crippen LogP contribution in [0.4, 0.5) is 5.69 Å². The maximum atomic E-state index is 12.1. The lowest BCUT2D eigenvalue weighted by Gasteiger charge is -2.32. The second-order valence-corrected chi connectivity index (χ2v) is 7.31. The first-order valence-electron chi connectivity index (χ1n) is 9.94. The summed E-state index contributed by atoms with van der Waals surface area (Å²) in [5.41, 5.74) is 2.05. The highest BCUT2D eigenvalue weighted by molar-refractivity contribution is 6.39. The summed E-state index contributed by atoms with van der Waals surface area (Å²) in [6, 6.07) is 10.2. The fourth-order valence-corrected chi connectivity index (χ4v) is 3.41. The van der Waals surface area contributed by atoms with Gasteiger partial charge in [0.25, 0.3) is 0 Å². The minimum atomic E-state index is -0.726. The van der Waals surface area contributed by atoms with Crippen molar-refractivity contribution in [2.45, 2.75) is 19.4 Å². The van der Waals surface area contributed by atoms with Gasteiger partial charge in [-0.2, -0.15) is 0 Å². The number of hydrogen-bond acceptors (Lipinski definition) is 6. The molecule has 2 heterocycles. The molecule has 1 fully saturated rings. The number of ether oxygens (including phenoxy) is 1. The van der Waals surface area contributed by atoms with Crippen LogP contribution in [0.15, 0.2) is 48.8 Å². The third kappa shape index (κ3) is 6.12. The quantitative estimate of drug-likeness (QED) is 0.557. The Labute approximate surface area is 175 Å². The van der Waals surface area contributed by atoms with Crippen LogP contribution >= 0.6 is 0 Å². The molecule has 1 aliphatic rings. The van der Waals surface area contributed by atoms with Crippen molar-refractivity contribution in [1.29, 1.82) is 0 Å². The zero-order valence-corrected chi connectivity index (χ0v) is 17.0.